The molecule has 0 aromatic heterocycles. The molecule has 6 nitrogen and oxygen atoms in total. The maximum atomic E-state index is 12.5. The molecule has 4 aromatic rings. The summed E-state index contributed by atoms with van der Waals surface area (Å²) in [5.74, 6) is 1.31. The Balaban J connectivity index is 1.46. The van der Waals surface area contributed by atoms with Crippen molar-refractivity contribution in [1.29, 1.82) is 0 Å². The van der Waals surface area contributed by atoms with Gasteiger partial charge in [0.25, 0.3) is 0 Å². The van der Waals surface area contributed by atoms with Crippen LogP contribution in [0.25, 0.3) is 11.1 Å². The molecule has 0 fully saturated rings. The van der Waals surface area contributed by atoms with Gasteiger partial charge in [0.05, 0.1) is 0 Å². The molecule has 0 aliphatic rings. The van der Waals surface area contributed by atoms with Gasteiger partial charge in [0.1, 0.15) is 30.5 Å². The highest BCUT2D eigenvalue weighted by molar-refractivity contribution is 5.72. The fourth-order valence-corrected chi connectivity index (χ4v) is 4.31. The Hall–Kier alpha value is -4.43. The predicted molar refractivity (Wildman–Crippen MR) is 155 cm³/mol. The second-order valence-corrected chi connectivity index (χ2v) is 9.48. The molecule has 0 radical (unpaired) electrons. The van der Waals surface area contributed by atoms with Crippen molar-refractivity contribution in [3.8, 4) is 28.4 Å². The predicted octanol–water partition coefficient (Wildman–Crippen LogP) is 6.65. The summed E-state index contributed by atoms with van der Waals surface area (Å²) in [5, 5.41) is 6.06. The Morgan fingerprint density at radius 2 is 1.56 bits per heavy atom. The molecule has 0 saturated heterocycles. The van der Waals surface area contributed by atoms with Gasteiger partial charge in [0, 0.05) is 38.2 Å². The molecular formula is C33H34F2N2O4. The lowest BCUT2D eigenvalue weighted by molar-refractivity contribution is -0.118. The van der Waals surface area contributed by atoms with Crippen LogP contribution in [-0.4, -0.2) is 25.6 Å². The molecule has 0 aliphatic heterocycles. The number of carbonyl (C=O) groups is 1. The first-order chi connectivity index (χ1) is 19.9. The zero-order valence-corrected chi connectivity index (χ0v) is 23.2. The Labute approximate surface area is 239 Å². The number of rotatable bonds is 14. The van der Waals surface area contributed by atoms with Gasteiger partial charge in [0.15, 0.2) is 0 Å². The number of benzene rings is 4. The van der Waals surface area contributed by atoms with E-state index in [9.17, 15) is 13.6 Å². The molecule has 4 aromatic carbocycles. The lowest BCUT2D eigenvalue weighted by atomic mass is 9.97. The van der Waals surface area contributed by atoms with Crippen LogP contribution in [-0.2, 0) is 24.6 Å². The van der Waals surface area contributed by atoms with Crippen molar-refractivity contribution >= 4 is 5.91 Å². The van der Waals surface area contributed by atoms with E-state index in [2.05, 4.69) is 46.6 Å². The first-order valence-corrected chi connectivity index (χ1v) is 13.4. The minimum Gasteiger partial charge on any atom is -0.489 e. The van der Waals surface area contributed by atoms with Crippen molar-refractivity contribution in [2.75, 3.05) is 13.1 Å². The quantitative estimate of drug-likeness (QED) is 0.169. The van der Waals surface area contributed by atoms with Crippen LogP contribution in [0.2, 0.25) is 0 Å². The smallest absolute Gasteiger partial charge is 0.387 e. The standard InChI is InChI=1S/C33H34F2N2O4/c1-23-28(9-6-10-31(23)26-7-4-3-5-8-26)22-39-30-16-13-27(20-36-17-18-37-24(2)38)32(19-30)40-21-25-11-14-29(15-12-25)41-33(34)35/h3-16,19,33,36H,17-18,20-22H2,1-2H3,(H,37,38). The summed E-state index contributed by atoms with van der Waals surface area (Å²) in [4.78, 5) is 11.1. The first kappa shape index (κ1) is 29.6. The van der Waals surface area contributed by atoms with Gasteiger partial charge >= 0.3 is 6.61 Å². The van der Waals surface area contributed by atoms with Crippen LogP contribution >= 0.6 is 0 Å². The van der Waals surface area contributed by atoms with Gasteiger partial charge in [0.2, 0.25) is 5.91 Å². The molecule has 4 rings (SSSR count). The molecule has 0 bridgehead atoms. The molecule has 0 atom stereocenters. The van der Waals surface area contributed by atoms with Crippen LogP contribution in [0.15, 0.2) is 91.0 Å². The molecular weight excluding hydrogens is 526 g/mol. The van der Waals surface area contributed by atoms with Gasteiger partial charge in [-0.2, -0.15) is 8.78 Å². The van der Waals surface area contributed by atoms with E-state index in [0.29, 0.717) is 37.7 Å². The highest BCUT2D eigenvalue weighted by Gasteiger charge is 2.11. The molecule has 41 heavy (non-hydrogen) atoms. The van der Waals surface area contributed by atoms with Crippen molar-refractivity contribution in [2.24, 2.45) is 0 Å². The third kappa shape index (κ3) is 9.05. The SMILES string of the molecule is CC(=O)NCCNCc1ccc(OCc2cccc(-c3ccccc3)c2C)cc1OCc1ccc(OC(F)F)cc1. The van der Waals surface area contributed by atoms with E-state index >= 15 is 0 Å². The molecule has 0 aliphatic carbocycles. The van der Waals surface area contributed by atoms with Gasteiger partial charge in [-0.3, -0.25) is 4.79 Å². The van der Waals surface area contributed by atoms with Gasteiger partial charge in [-0.05, 0) is 52.9 Å². The molecule has 214 valence electrons. The van der Waals surface area contributed by atoms with Crippen LogP contribution < -0.4 is 24.8 Å². The summed E-state index contributed by atoms with van der Waals surface area (Å²) in [6, 6.07) is 28.5. The number of amides is 1. The van der Waals surface area contributed by atoms with E-state index in [0.717, 1.165) is 27.8 Å². The van der Waals surface area contributed by atoms with Crippen molar-refractivity contribution in [2.45, 2.75) is 40.2 Å². The van der Waals surface area contributed by atoms with Gasteiger partial charge in [-0.15, -0.1) is 0 Å². The summed E-state index contributed by atoms with van der Waals surface area (Å²) in [7, 11) is 0. The van der Waals surface area contributed by atoms with Crippen molar-refractivity contribution in [1.82, 2.24) is 10.6 Å². The van der Waals surface area contributed by atoms with Crippen LogP contribution in [0.5, 0.6) is 17.2 Å². The number of ether oxygens (including phenoxy) is 3. The lowest BCUT2D eigenvalue weighted by Crippen LogP contribution is -2.30. The van der Waals surface area contributed by atoms with E-state index in [1.165, 1.54) is 24.6 Å². The largest absolute Gasteiger partial charge is 0.489 e. The zero-order valence-electron chi connectivity index (χ0n) is 23.2. The fraction of sp³-hybridized carbons (Fsp3) is 0.242. The average Bonchev–Trinajstić information content (AvgIpc) is 2.97. The molecule has 0 saturated carbocycles. The Morgan fingerprint density at radius 1 is 0.805 bits per heavy atom. The molecule has 0 heterocycles. The zero-order chi connectivity index (χ0) is 29.0. The number of alkyl halides is 2. The monoisotopic (exact) mass is 560 g/mol. The Kier molecular flexibility index (Phi) is 10.7. The van der Waals surface area contributed by atoms with Crippen LogP contribution in [0.1, 0.15) is 29.2 Å². The normalized spacial score (nSPS) is 10.9. The van der Waals surface area contributed by atoms with Crippen molar-refractivity contribution in [3.63, 3.8) is 0 Å². The fourth-order valence-electron chi connectivity index (χ4n) is 4.31. The van der Waals surface area contributed by atoms with Crippen LogP contribution in [0.3, 0.4) is 0 Å². The second kappa shape index (κ2) is 14.8. The summed E-state index contributed by atoms with van der Waals surface area (Å²) in [6.45, 7) is 2.97. The summed E-state index contributed by atoms with van der Waals surface area (Å²) >= 11 is 0. The molecule has 8 heteroatoms. The van der Waals surface area contributed by atoms with E-state index in [1.807, 2.05) is 42.5 Å². The van der Waals surface area contributed by atoms with Crippen molar-refractivity contribution in [3.05, 3.63) is 113 Å². The van der Waals surface area contributed by atoms with Crippen LogP contribution in [0, 0.1) is 6.92 Å². The third-order valence-corrected chi connectivity index (χ3v) is 6.50. The highest BCUT2D eigenvalue weighted by Crippen LogP contribution is 2.29. The third-order valence-electron chi connectivity index (χ3n) is 6.50. The highest BCUT2D eigenvalue weighted by atomic mass is 19.3. The number of hydrogen-bond donors (Lipinski definition) is 2. The Morgan fingerprint density at radius 3 is 2.29 bits per heavy atom. The van der Waals surface area contributed by atoms with Gasteiger partial charge in [-0.1, -0.05) is 66.7 Å². The Bertz CT molecular complexity index is 1410. The molecule has 1 amide bonds. The maximum Gasteiger partial charge on any atom is 0.387 e. The van der Waals surface area contributed by atoms with E-state index in [4.69, 9.17) is 9.47 Å². The maximum absolute atomic E-state index is 12.5. The number of nitrogens with one attached hydrogen (secondary N) is 2. The summed E-state index contributed by atoms with van der Waals surface area (Å²) in [5.41, 5.74) is 6.29. The summed E-state index contributed by atoms with van der Waals surface area (Å²) < 4.78 is 41.7. The topological polar surface area (TPSA) is 68.8 Å². The number of carbonyl (C=O) groups excluding carboxylic acids is 1. The average molecular weight is 561 g/mol. The lowest BCUT2D eigenvalue weighted by Gasteiger charge is -2.16. The van der Waals surface area contributed by atoms with Crippen LogP contribution in [0.4, 0.5) is 8.78 Å². The molecule has 2 N–H and O–H groups in total. The second-order valence-electron chi connectivity index (χ2n) is 9.48. The van der Waals surface area contributed by atoms with E-state index in [1.54, 1.807) is 12.1 Å². The first-order valence-electron chi connectivity index (χ1n) is 13.4. The molecule has 0 unspecified atom stereocenters. The van der Waals surface area contributed by atoms with E-state index < -0.39 is 6.61 Å². The minimum absolute atomic E-state index is 0.0770. The van der Waals surface area contributed by atoms with E-state index in [-0.39, 0.29) is 18.3 Å². The number of halogens is 2. The minimum atomic E-state index is -2.87. The summed E-state index contributed by atoms with van der Waals surface area (Å²) in [6.07, 6.45) is 0. The number of hydrogen-bond acceptors (Lipinski definition) is 5. The molecule has 0 spiro atoms. The van der Waals surface area contributed by atoms with Gasteiger partial charge in [-0.25, -0.2) is 0 Å². The van der Waals surface area contributed by atoms with Crippen molar-refractivity contribution < 1.29 is 27.8 Å². The van der Waals surface area contributed by atoms with Gasteiger partial charge < -0.3 is 24.8 Å².